The normalized spacial score (nSPS) is 10.9. The summed E-state index contributed by atoms with van der Waals surface area (Å²) in [6.07, 6.45) is 1.60. The van der Waals surface area contributed by atoms with E-state index in [2.05, 4.69) is 9.97 Å². The predicted octanol–water partition coefficient (Wildman–Crippen LogP) is 1.91. The smallest absolute Gasteiger partial charge is 0.304 e. The molecule has 0 aliphatic heterocycles. The van der Waals surface area contributed by atoms with E-state index in [0.717, 1.165) is 0 Å². The monoisotopic (exact) mass is 243 g/mol. The van der Waals surface area contributed by atoms with Crippen molar-refractivity contribution in [1.29, 1.82) is 0 Å². The second kappa shape index (κ2) is 4.10. The van der Waals surface area contributed by atoms with Crippen molar-refractivity contribution in [2.24, 2.45) is 0 Å². The third kappa shape index (κ3) is 1.69. The first-order chi connectivity index (χ1) is 8.75. The molecule has 2 aromatic heterocycles. The summed E-state index contributed by atoms with van der Waals surface area (Å²) in [6, 6.07) is 9.90. The van der Waals surface area contributed by atoms with Gasteiger partial charge in [0.15, 0.2) is 5.65 Å². The molecule has 5 heteroatoms. The van der Waals surface area contributed by atoms with Crippen molar-refractivity contribution in [3.63, 3.8) is 0 Å². The van der Waals surface area contributed by atoms with Gasteiger partial charge in [-0.05, 0) is 18.2 Å². The molecule has 1 N–H and O–H groups in total. The maximum Gasteiger partial charge on any atom is 0.327 e. The summed E-state index contributed by atoms with van der Waals surface area (Å²) >= 11 is 0. The Labute approximate surface area is 102 Å². The van der Waals surface area contributed by atoms with Gasteiger partial charge in [-0.25, -0.2) is 14.2 Å². The van der Waals surface area contributed by atoms with Gasteiger partial charge in [0.1, 0.15) is 5.82 Å². The van der Waals surface area contributed by atoms with E-state index >= 15 is 0 Å². The van der Waals surface area contributed by atoms with E-state index in [1.54, 1.807) is 36.5 Å². The zero-order valence-electron chi connectivity index (χ0n) is 9.43. The third-order valence-corrected chi connectivity index (χ3v) is 2.82. The molecule has 90 valence electrons. The fraction of sp³-hybridized carbons (Fsp3) is 0.0769. The number of benzene rings is 1. The number of fused-ring (bicyclic) bond motifs is 1. The van der Waals surface area contributed by atoms with Crippen molar-refractivity contribution in [3.05, 3.63) is 64.5 Å². The molecule has 0 amide bonds. The van der Waals surface area contributed by atoms with Crippen LogP contribution in [-0.4, -0.2) is 14.5 Å². The fourth-order valence-corrected chi connectivity index (χ4v) is 1.93. The summed E-state index contributed by atoms with van der Waals surface area (Å²) in [5.74, 6) is -0.324. The quantitative estimate of drug-likeness (QED) is 0.747. The fourth-order valence-electron chi connectivity index (χ4n) is 1.93. The van der Waals surface area contributed by atoms with Crippen LogP contribution in [0.4, 0.5) is 4.39 Å². The van der Waals surface area contributed by atoms with Crippen LogP contribution in [0.25, 0.3) is 11.2 Å². The van der Waals surface area contributed by atoms with Gasteiger partial charge in [0.2, 0.25) is 0 Å². The van der Waals surface area contributed by atoms with E-state index in [4.69, 9.17) is 0 Å². The Hall–Kier alpha value is -2.43. The van der Waals surface area contributed by atoms with Crippen LogP contribution in [0.1, 0.15) is 5.56 Å². The zero-order chi connectivity index (χ0) is 12.5. The number of nitrogens with zero attached hydrogens (tertiary/aromatic N) is 2. The average Bonchev–Trinajstić information content (AvgIpc) is 2.69. The highest BCUT2D eigenvalue weighted by atomic mass is 19.1. The van der Waals surface area contributed by atoms with Gasteiger partial charge >= 0.3 is 5.69 Å². The van der Waals surface area contributed by atoms with Crippen LogP contribution in [0.3, 0.4) is 0 Å². The minimum absolute atomic E-state index is 0.169. The first-order valence-corrected chi connectivity index (χ1v) is 5.52. The molecule has 3 aromatic rings. The zero-order valence-corrected chi connectivity index (χ0v) is 9.43. The lowest BCUT2D eigenvalue weighted by atomic mass is 10.2. The van der Waals surface area contributed by atoms with E-state index in [1.807, 2.05) is 0 Å². The Kier molecular flexibility index (Phi) is 2.44. The molecular formula is C13H10FN3O. The molecule has 4 nitrogen and oxygen atoms in total. The number of hydrogen-bond donors (Lipinski definition) is 1. The highest BCUT2D eigenvalue weighted by molar-refractivity contribution is 5.70. The number of H-pyrrole nitrogens is 1. The summed E-state index contributed by atoms with van der Waals surface area (Å²) < 4.78 is 15.0. The molecule has 0 saturated heterocycles. The number of hydrogen-bond acceptors (Lipinski definition) is 2. The second-order valence-corrected chi connectivity index (χ2v) is 3.98. The maximum absolute atomic E-state index is 13.6. The van der Waals surface area contributed by atoms with Crippen molar-refractivity contribution >= 4 is 11.2 Å². The van der Waals surface area contributed by atoms with Gasteiger partial charge in [0.25, 0.3) is 0 Å². The minimum Gasteiger partial charge on any atom is -0.304 e. The lowest BCUT2D eigenvalue weighted by Gasteiger charge is -2.03. The molecule has 18 heavy (non-hydrogen) atoms. The van der Waals surface area contributed by atoms with E-state index in [1.165, 1.54) is 10.6 Å². The summed E-state index contributed by atoms with van der Waals surface area (Å²) in [7, 11) is 0. The van der Waals surface area contributed by atoms with Gasteiger partial charge in [-0.3, -0.25) is 4.57 Å². The van der Waals surface area contributed by atoms with E-state index in [9.17, 15) is 9.18 Å². The number of rotatable bonds is 2. The first-order valence-electron chi connectivity index (χ1n) is 5.52. The lowest BCUT2D eigenvalue weighted by Crippen LogP contribution is -2.18. The SMILES string of the molecule is O=c1[nH]c2cccnc2n1Cc1ccccc1F. The van der Waals surface area contributed by atoms with Crippen molar-refractivity contribution in [1.82, 2.24) is 14.5 Å². The van der Waals surface area contributed by atoms with Crippen LogP contribution >= 0.6 is 0 Å². The molecule has 0 unspecified atom stereocenters. The molecule has 0 bridgehead atoms. The Morgan fingerprint density at radius 2 is 2.06 bits per heavy atom. The summed E-state index contributed by atoms with van der Waals surface area (Å²) in [6.45, 7) is 0.169. The number of nitrogens with one attached hydrogen (secondary N) is 1. The van der Waals surface area contributed by atoms with Gasteiger partial charge in [0.05, 0.1) is 12.1 Å². The Morgan fingerprint density at radius 1 is 1.22 bits per heavy atom. The van der Waals surface area contributed by atoms with Crippen molar-refractivity contribution in [2.45, 2.75) is 6.54 Å². The van der Waals surface area contributed by atoms with Crippen LogP contribution < -0.4 is 5.69 Å². The molecule has 0 radical (unpaired) electrons. The molecule has 1 aromatic carbocycles. The molecular weight excluding hydrogens is 233 g/mol. The third-order valence-electron chi connectivity index (χ3n) is 2.82. The number of pyridine rings is 1. The highest BCUT2D eigenvalue weighted by Crippen LogP contribution is 2.11. The maximum atomic E-state index is 13.6. The highest BCUT2D eigenvalue weighted by Gasteiger charge is 2.09. The minimum atomic E-state index is -0.324. The van der Waals surface area contributed by atoms with Crippen LogP contribution in [-0.2, 0) is 6.54 Å². The largest absolute Gasteiger partial charge is 0.327 e. The molecule has 0 aliphatic carbocycles. The van der Waals surface area contributed by atoms with E-state index in [-0.39, 0.29) is 18.1 Å². The molecule has 3 rings (SSSR count). The lowest BCUT2D eigenvalue weighted by molar-refractivity contribution is 0.598. The van der Waals surface area contributed by atoms with Gasteiger partial charge in [-0.2, -0.15) is 0 Å². The molecule has 0 atom stereocenters. The summed E-state index contributed by atoms with van der Waals surface area (Å²) in [5.41, 5.74) is 1.36. The standard InChI is InChI=1S/C13H10FN3O/c14-10-5-2-1-4-9(10)8-17-12-11(16-13(17)18)6-3-7-15-12/h1-7H,8H2,(H,16,18). The van der Waals surface area contributed by atoms with Crippen molar-refractivity contribution in [3.8, 4) is 0 Å². The van der Waals surface area contributed by atoms with Crippen molar-refractivity contribution < 1.29 is 4.39 Å². The van der Waals surface area contributed by atoms with Crippen molar-refractivity contribution in [2.75, 3.05) is 0 Å². The molecule has 0 aliphatic rings. The molecule has 0 saturated carbocycles. The van der Waals surface area contributed by atoms with Crippen LogP contribution in [0.5, 0.6) is 0 Å². The Bertz CT molecular complexity index is 760. The number of imidazole rings is 1. The Balaban J connectivity index is 2.13. The van der Waals surface area contributed by atoms with Crippen LogP contribution in [0, 0.1) is 5.82 Å². The van der Waals surface area contributed by atoms with Gasteiger partial charge in [0, 0.05) is 11.8 Å². The van der Waals surface area contributed by atoms with Gasteiger partial charge in [-0.1, -0.05) is 18.2 Å². The van der Waals surface area contributed by atoms with Crippen LogP contribution in [0.15, 0.2) is 47.4 Å². The Morgan fingerprint density at radius 3 is 2.89 bits per heavy atom. The summed E-state index contributed by atoms with van der Waals surface area (Å²) in [4.78, 5) is 18.6. The number of aromatic amines is 1. The number of aromatic nitrogens is 3. The second-order valence-electron chi connectivity index (χ2n) is 3.98. The average molecular weight is 243 g/mol. The first kappa shape index (κ1) is 10.7. The van der Waals surface area contributed by atoms with Crippen LogP contribution in [0.2, 0.25) is 0 Å². The molecule has 2 heterocycles. The topological polar surface area (TPSA) is 50.7 Å². The summed E-state index contributed by atoms with van der Waals surface area (Å²) in [5, 5.41) is 0. The van der Waals surface area contributed by atoms with E-state index in [0.29, 0.717) is 16.7 Å². The predicted molar refractivity (Wildman–Crippen MR) is 65.9 cm³/mol. The molecule has 0 fully saturated rings. The molecule has 0 spiro atoms. The van der Waals surface area contributed by atoms with E-state index < -0.39 is 0 Å². The van der Waals surface area contributed by atoms with Gasteiger partial charge < -0.3 is 4.98 Å². The van der Waals surface area contributed by atoms with Gasteiger partial charge in [-0.15, -0.1) is 0 Å². The number of halogens is 1.